The van der Waals surface area contributed by atoms with Gasteiger partial charge in [0.2, 0.25) is 0 Å². The van der Waals surface area contributed by atoms with Crippen molar-refractivity contribution in [1.29, 1.82) is 0 Å². The second kappa shape index (κ2) is 8.43. The summed E-state index contributed by atoms with van der Waals surface area (Å²) in [4.78, 5) is 29.6. The van der Waals surface area contributed by atoms with Crippen LogP contribution in [0.1, 0.15) is 28.1 Å². The lowest BCUT2D eigenvalue weighted by Crippen LogP contribution is -2.40. The summed E-state index contributed by atoms with van der Waals surface area (Å²) in [5.74, 6) is -0.614. The molecular weight excluding hydrogens is 428 g/mol. The molecule has 0 aliphatic carbocycles. The summed E-state index contributed by atoms with van der Waals surface area (Å²) in [5.41, 5.74) is 2.84. The molecule has 3 aromatic rings. The fourth-order valence-electron chi connectivity index (χ4n) is 4.00. The highest BCUT2D eigenvalue weighted by Crippen LogP contribution is 2.24. The summed E-state index contributed by atoms with van der Waals surface area (Å²) in [6.45, 7) is 2.10. The topological polar surface area (TPSA) is 87.9 Å². The van der Waals surface area contributed by atoms with Crippen LogP contribution in [0.2, 0.25) is 0 Å². The average Bonchev–Trinajstić information content (AvgIpc) is 3.11. The van der Waals surface area contributed by atoms with Crippen molar-refractivity contribution in [3.8, 4) is 0 Å². The predicted octanol–water partition coefficient (Wildman–Crippen LogP) is 3.00. The Balaban J connectivity index is 1.70. The number of benzene rings is 2. The fraction of sp³-hybridized carbons (Fsp3) is 0.333. The molecule has 168 valence electrons. The maximum Gasteiger partial charge on any atom is 0.290 e. The minimum absolute atomic E-state index is 0.0436. The van der Waals surface area contributed by atoms with Crippen LogP contribution in [-0.2, 0) is 16.4 Å². The van der Waals surface area contributed by atoms with Crippen LogP contribution in [0.15, 0.2) is 57.7 Å². The highest BCUT2D eigenvalue weighted by Gasteiger charge is 2.36. The Labute approximate surface area is 187 Å². The van der Waals surface area contributed by atoms with Crippen LogP contribution in [0.3, 0.4) is 0 Å². The van der Waals surface area contributed by atoms with E-state index < -0.39 is 21.8 Å². The number of amides is 1. The van der Waals surface area contributed by atoms with Gasteiger partial charge in [-0.05, 0) is 43.2 Å². The molecule has 7 nitrogen and oxygen atoms in total. The first-order chi connectivity index (χ1) is 15.1. The van der Waals surface area contributed by atoms with E-state index in [1.54, 1.807) is 12.1 Å². The number of rotatable bonds is 5. The molecule has 1 fully saturated rings. The summed E-state index contributed by atoms with van der Waals surface area (Å²) in [6, 6.07) is 13.7. The number of sulfone groups is 1. The van der Waals surface area contributed by atoms with E-state index in [9.17, 15) is 18.0 Å². The maximum absolute atomic E-state index is 13.5. The molecule has 0 radical (unpaired) electrons. The molecule has 1 saturated heterocycles. The van der Waals surface area contributed by atoms with Gasteiger partial charge >= 0.3 is 0 Å². The highest BCUT2D eigenvalue weighted by molar-refractivity contribution is 7.91. The van der Waals surface area contributed by atoms with E-state index in [0.717, 1.165) is 16.8 Å². The van der Waals surface area contributed by atoms with Crippen molar-refractivity contribution in [1.82, 2.24) is 4.90 Å². The zero-order valence-electron chi connectivity index (χ0n) is 18.4. The van der Waals surface area contributed by atoms with Gasteiger partial charge in [0.25, 0.3) is 5.91 Å². The van der Waals surface area contributed by atoms with Gasteiger partial charge in [-0.1, -0.05) is 23.8 Å². The van der Waals surface area contributed by atoms with E-state index in [2.05, 4.69) is 0 Å². The Morgan fingerprint density at radius 2 is 1.81 bits per heavy atom. The van der Waals surface area contributed by atoms with Gasteiger partial charge in [0.1, 0.15) is 5.58 Å². The van der Waals surface area contributed by atoms with Crippen LogP contribution in [0.5, 0.6) is 0 Å². The minimum Gasteiger partial charge on any atom is -0.451 e. The number of fused-ring (bicyclic) bond motifs is 1. The van der Waals surface area contributed by atoms with E-state index in [4.69, 9.17) is 4.42 Å². The minimum atomic E-state index is -3.21. The molecule has 0 N–H and O–H groups in total. The summed E-state index contributed by atoms with van der Waals surface area (Å²) >= 11 is 0. The van der Waals surface area contributed by atoms with Gasteiger partial charge in [0, 0.05) is 38.4 Å². The average molecular weight is 455 g/mol. The van der Waals surface area contributed by atoms with Crippen LogP contribution in [0.4, 0.5) is 5.69 Å². The Morgan fingerprint density at radius 1 is 1.09 bits per heavy atom. The Bertz CT molecular complexity index is 1330. The Hall–Kier alpha value is -3.13. The second-order valence-corrected chi connectivity index (χ2v) is 10.8. The van der Waals surface area contributed by atoms with Crippen molar-refractivity contribution in [2.45, 2.75) is 25.9 Å². The van der Waals surface area contributed by atoms with Crippen LogP contribution in [0, 0.1) is 6.92 Å². The molecule has 2 heterocycles. The highest BCUT2D eigenvalue weighted by atomic mass is 32.2. The lowest BCUT2D eigenvalue weighted by Gasteiger charge is -2.28. The number of anilines is 1. The fourth-order valence-corrected chi connectivity index (χ4v) is 5.73. The summed E-state index contributed by atoms with van der Waals surface area (Å²) in [5, 5.41) is 0.413. The van der Waals surface area contributed by atoms with Crippen LogP contribution < -0.4 is 10.3 Å². The standard InChI is InChI=1S/C24H26N2O5S/c1-16-4-9-22-20(12-16)21(27)13-23(31-22)24(28)26(19-10-11-32(29,30)15-19)14-17-5-7-18(8-6-17)25(2)3/h4-9,12-13,19H,10-11,14-15H2,1-3H3/t19-/m0/s1. The summed E-state index contributed by atoms with van der Waals surface area (Å²) in [7, 11) is 0.677. The van der Waals surface area contributed by atoms with Gasteiger partial charge < -0.3 is 14.2 Å². The maximum atomic E-state index is 13.5. The van der Waals surface area contributed by atoms with Gasteiger partial charge in [-0.3, -0.25) is 9.59 Å². The lowest BCUT2D eigenvalue weighted by atomic mass is 10.1. The van der Waals surface area contributed by atoms with E-state index in [-0.39, 0.29) is 29.2 Å². The number of carbonyl (C=O) groups excluding carboxylic acids is 1. The normalized spacial score (nSPS) is 17.4. The molecule has 0 saturated carbocycles. The quantitative estimate of drug-likeness (QED) is 0.589. The van der Waals surface area contributed by atoms with E-state index >= 15 is 0 Å². The lowest BCUT2D eigenvalue weighted by molar-refractivity contribution is 0.0648. The third-order valence-electron chi connectivity index (χ3n) is 5.81. The zero-order chi connectivity index (χ0) is 23.0. The molecule has 1 aliphatic rings. The molecule has 8 heteroatoms. The van der Waals surface area contributed by atoms with E-state index in [0.29, 0.717) is 17.4 Å². The number of aryl methyl sites for hydroxylation is 1. The number of hydrogen-bond acceptors (Lipinski definition) is 6. The molecule has 0 bridgehead atoms. The largest absolute Gasteiger partial charge is 0.451 e. The van der Waals surface area contributed by atoms with E-state index in [1.807, 2.05) is 56.3 Å². The van der Waals surface area contributed by atoms with Crippen molar-refractivity contribution in [2.24, 2.45) is 0 Å². The first-order valence-electron chi connectivity index (χ1n) is 10.5. The SMILES string of the molecule is Cc1ccc2oc(C(=O)N(Cc3ccc(N(C)C)cc3)[C@H]3CCS(=O)(=O)C3)cc(=O)c2c1. The van der Waals surface area contributed by atoms with Gasteiger partial charge in [-0.25, -0.2) is 8.42 Å². The summed E-state index contributed by atoms with van der Waals surface area (Å²) in [6.07, 6.45) is 0.362. The molecular formula is C24H26N2O5S. The molecule has 0 unspecified atom stereocenters. The van der Waals surface area contributed by atoms with Crippen LogP contribution in [0.25, 0.3) is 11.0 Å². The second-order valence-electron chi connectivity index (χ2n) is 8.53. The molecule has 32 heavy (non-hydrogen) atoms. The molecule has 1 atom stereocenters. The smallest absolute Gasteiger partial charge is 0.290 e. The summed E-state index contributed by atoms with van der Waals surface area (Å²) < 4.78 is 30.0. The van der Waals surface area contributed by atoms with E-state index in [1.165, 1.54) is 11.0 Å². The van der Waals surface area contributed by atoms with Crippen LogP contribution in [-0.4, -0.2) is 50.9 Å². The third kappa shape index (κ3) is 4.55. The van der Waals surface area contributed by atoms with Gasteiger partial charge in [-0.2, -0.15) is 0 Å². The van der Waals surface area contributed by atoms with Crippen LogP contribution >= 0.6 is 0 Å². The number of nitrogens with zero attached hydrogens (tertiary/aromatic N) is 2. The monoisotopic (exact) mass is 454 g/mol. The van der Waals surface area contributed by atoms with Crippen molar-refractivity contribution in [3.63, 3.8) is 0 Å². The Kier molecular flexibility index (Phi) is 5.81. The van der Waals surface area contributed by atoms with Gasteiger partial charge in [0.15, 0.2) is 21.0 Å². The van der Waals surface area contributed by atoms with Crippen molar-refractivity contribution < 1.29 is 17.6 Å². The first kappa shape index (κ1) is 22.1. The molecule has 1 aromatic heterocycles. The molecule has 1 aliphatic heterocycles. The molecule has 0 spiro atoms. The third-order valence-corrected chi connectivity index (χ3v) is 7.56. The van der Waals surface area contributed by atoms with Gasteiger partial charge in [0.05, 0.1) is 16.9 Å². The molecule has 1 amide bonds. The first-order valence-corrected chi connectivity index (χ1v) is 12.3. The van der Waals surface area contributed by atoms with Gasteiger partial charge in [-0.15, -0.1) is 0 Å². The van der Waals surface area contributed by atoms with Crippen molar-refractivity contribution in [3.05, 3.63) is 75.6 Å². The van der Waals surface area contributed by atoms with Crippen molar-refractivity contribution in [2.75, 3.05) is 30.5 Å². The number of hydrogen-bond donors (Lipinski definition) is 0. The molecule has 2 aromatic carbocycles. The zero-order valence-corrected chi connectivity index (χ0v) is 19.2. The molecule has 4 rings (SSSR count). The van der Waals surface area contributed by atoms with Crippen molar-refractivity contribution >= 4 is 32.4 Å². The predicted molar refractivity (Wildman–Crippen MR) is 125 cm³/mol. The Morgan fingerprint density at radius 3 is 2.44 bits per heavy atom. The number of carbonyl (C=O) groups is 1.